The van der Waals surface area contributed by atoms with Crippen LogP contribution in [0.4, 0.5) is 0 Å². The van der Waals surface area contributed by atoms with E-state index in [1.807, 2.05) is 6.92 Å². The first-order valence-electron chi connectivity index (χ1n) is 7.04. The predicted octanol–water partition coefficient (Wildman–Crippen LogP) is 1.35. The topological polar surface area (TPSA) is 58.4 Å². The second kappa shape index (κ2) is 6.02. The zero-order valence-corrected chi connectivity index (χ0v) is 12.5. The average molecular weight is 255 g/mol. The molecule has 0 aliphatic heterocycles. The molecule has 1 amide bonds. The van der Waals surface area contributed by atoms with Gasteiger partial charge in [-0.25, -0.2) is 0 Å². The molecule has 0 radical (unpaired) electrons. The lowest BCUT2D eigenvalue weighted by atomic mass is 9.91. The van der Waals surface area contributed by atoms with Crippen LogP contribution in [0.3, 0.4) is 0 Å². The van der Waals surface area contributed by atoms with Gasteiger partial charge in [-0.15, -0.1) is 0 Å². The van der Waals surface area contributed by atoms with Crippen LogP contribution < -0.4 is 11.1 Å². The Hall–Kier alpha value is -0.610. The molecule has 0 spiro atoms. The minimum absolute atomic E-state index is 0.271. The number of nitrogens with zero attached hydrogens (tertiary/aromatic N) is 1. The van der Waals surface area contributed by atoms with Gasteiger partial charge < -0.3 is 11.1 Å². The molecule has 4 heteroatoms. The SMILES string of the molecule is CNC(C)(CC(C)N(CC1CC1)C(C)C)C(N)=O. The van der Waals surface area contributed by atoms with Gasteiger partial charge in [0.05, 0.1) is 5.54 Å². The van der Waals surface area contributed by atoms with Crippen molar-refractivity contribution >= 4 is 5.91 Å². The van der Waals surface area contributed by atoms with Crippen molar-refractivity contribution < 1.29 is 4.79 Å². The van der Waals surface area contributed by atoms with Crippen LogP contribution in [0, 0.1) is 5.92 Å². The average Bonchev–Trinajstić information content (AvgIpc) is 3.08. The summed E-state index contributed by atoms with van der Waals surface area (Å²) in [4.78, 5) is 14.1. The van der Waals surface area contributed by atoms with E-state index in [0.29, 0.717) is 12.1 Å². The number of likely N-dealkylation sites (N-methyl/N-ethyl adjacent to an activating group) is 1. The molecular formula is C14H29N3O. The van der Waals surface area contributed by atoms with Crippen molar-refractivity contribution in [2.75, 3.05) is 13.6 Å². The molecule has 0 aromatic heterocycles. The van der Waals surface area contributed by atoms with Gasteiger partial charge in [-0.2, -0.15) is 0 Å². The van der Waals surface area contributed by atoms with Crippen molar-refractivity contribution in [2.45, 2.75) is 64.6 Å². The number of carbonyl (C=O) groups excluding carboxylic acids is 1. The number of rotatable bonds is 8. The van der Waals surface area contributed by atoms with Crippen LogP contribution in [0.2, 0.25) is 0 Å². The van der Waals surface area contributed by atoms with Crippen molar-refractivity contribution in [1.29, 1.82) is 0 Å². The van der Waals surface area contributed by atoms with Gasteiger partial charge >= 0.3 is 0 Å². The molecule has 1 aliphatic carbocycles. The van der Waals surface area contributed by atoms with Gasteiger partial charge in [-0.05, 0) is 59.9 Å². The molecule has 18 heavy (non-hydrogen) atoms. The molecule has 2 atom stereocenters. The predicted molar refractivity (Wildman–Crippen MR) is 75.3 cm³/mol. The summed E-state index contributed by atoms with van der Waals surface area (Å²) in [6.07, 6.45) is 3.47. The highest BCUT2D eigenvalue weighted by molar-refractivity contribution is 5.84. The maximum atomic E-state index is 11.6. The second-order valence-corrected chi connectivity index (χ2v) is 6.23. The highest BCUT2D eigenvalue weighted by atomic mass is 16.1. The van der Waals surface area contributed by atoms with Gasteiger partial charge in [-0.1, -0.05) is 0 Å². The molecule has 2 unspecified atom stereocenters. The normalized spacial score (nSPS) is 21.1. The third-order valence-corrected chi connectivity index (χ3v) is 4.19. The maximum Gasteiger partial charge on any atom is 0.237 e. The minimum atomic E-state index is -0.615. The fourth-order valence-electron chi connectivity index (χ4n) is 2.53. The Kier molecular flexibility index (Phi) is 5.17. The van der Waals surface area contributed by atoms with Gasteiger partial charge in [-0.3, -0.25) is 9.69 Å². The van der Waals surface area contributed by atoms with Crippen LogP contribution in [0.15, 0.2) is 0 Å². The first-order chi connectivity index (χ1) is 8.30. The largest absolute Gasteiger partial charge is 0.368 e. The Balaban J connectivity index is 2.64. The smallest absolute Gasteiger partial charge is 0.237 e. The van der Waals surface area contributed by atoms with E-state index in [9.17, 15) is 4.79 Å². The number of carbonyl (C=O) groups is 1. The number of amides is 1. The van der Waals surface area contributed by atoms with Crippen LogP contribution in [-0.4, -0.2) is 42.0 Å². The summed E-state index contributed by atoms with van der Waals surface area (Å²) in [5.74, 6) is 0.594. The van der Waals surface area contributed by atoms with Gasteiger partial charge in [0.1, 0.15) is 0 Å². The summed E-state index contributed by atoms with van der Waals surface area (Å²) in [6, 6.07) is 0.866. The minimum Gasteiger partial charge on any atom is -0.368 e. The van der Waals surface area contributed by atoms with E-state index < -0.39 is 5.54 Å². The molecule has 0 bridgehead atoms. The zero-order valence-electron chi connectivity index (χ0n) is 12.5. The van der Waals surface area contributed by atoms with Crippen molar-refractivity contribution in [2.24, 2.45) is 11.7 Å². The monoisotopic (exact) mass is 255 g/mol. The molecule has 4 nitrogen and oxygen atoms in total. The van der Waals surface area contributed by atoms with Crippen molar-refractivity contribution in [3.05, 3.63) is 0 Å². The standard InChI is InChI=1S/C14H29N3O/c1-10(2)17(9-12-6-7-12)11(3)8-14(4,16-5)13(15)18/h10-12,16H,6-9H2,1-5H3,(H2,15,18). The number of nitrogens with one attached hydrogen (secondary N) is 1. The molecule has 1 rings (SSSR count). The first-order valence-corrected chi connectivity index (χ1v) is 7.04. The van der Waals surface area contributed by atoms with Gasteiger partial charge in [0, 0.05) is 18.6 Å². The summed E-state index contributed by atoms with van der Waals surface area (Å²) in [6.45, 7) is 9.68. The van der Waals surface area contributed by atoms with Gasteiger partial charge in [0.25, 0.3) is 0 Å². The van der Waals surface area contributed by atoms with E-state index in [2.05, 4.69) is 31.0 Å². The molecule has 0 saturated heterocycles. The molecule has 0 aromatic carbocycles. The number of hydrogen-bond acceptors (Lipinski definition) is 3. The number of primary amides is 1. The Bertz CT molecular complexity index is 289. The van der Waals surface area contributed by atoms with Gasteiger partial charge in [0.2, 0.25) is 5.91 Å². The van der Waals surface area contributed by atoms with Crippen LogP contribution in [0.1, 0.15) is 47.0 Å². The van der Waals surface area contributed by atoms with Crippen LogP contribution in [0.5, 0.6) is 0 Å². The summed E-state index contributed by atoms with van der Waals surface area (Å²) in [5, 5.41) is 3.07. The molecular weight excluding hydrogens is 226 g/mol. The van der Waals surface area contributed by atoms with Crippen molar-refractivity contribution in [3.8, 4) is 0 Å². The van der Waals surface area contributed by atoms with Gasteiger partial charge in [0.15, 0.2) is 0 Å². The summed E-state index contributed by atoms with van der Waals surface area (Å²) < 4.78 is 0. The zero-order chi connectivity index (χ0) is 13.9. The lowest BCUT2D eigenvalue weighted by Crippen LogP contribution is -2.55. The quantitative estimate of drug-likeness (QED) is 0.688. The third-order valence-electron chi connectivity index (χ3n) is 4.19. The summed E-state index contributed by atoms with van der Waals surface area (Å²) in [5.41, 5.74) is 4.88. The van der Waals surface area contributed by atoms with E-state index in [-0.39, 0.29) is 5.91 Å². The molecule has 1 saturated carbocycles. The molecule has 0 heterocycles. The van der Waals surface area contributed by atoms with E-state index in [0.717, 1.165) is 18.9 Å². The van der Waals surface area contributed by atoms with Crippen LogP contribution in [-0.2, 0) is 4.79 Å². The lowest BCUT2D eigenvalue weighted by Gasteiger charge is -2.37. The Labute approximate surface area is 111 Å². The highest BCUT2D eigenvalue weighted by Gasteiger charge is 2.35. The van der Waals surface area contributed by atoms with Crippen molar-refractivity contribution in [1.82, 2.24) is 10.2 Å². The fourth-order valence-corrected chi connectivity index (χ4v) is 2.53. The van der Waals surface area contributed by atoms with Crippen molar-refractivity contribution in [3.63, 3.8) is 0 Å². The van der Waals surface area contributed by atoms with E-state index in [1.165, 1.54) is 12.8 Å². The molecule has 3 N–H and O–H groups in total. The van der Waals surface area contributed by atoms with Crippen LogP contribution in [0.25, 0.3) is 0 Å². The summed E-state index contributed by atoms with van der Waals surface area (Å²) >= 11 is 0. The van der Waals surface area contributed by atoms with E-state index in [4.69, 9.17) is 5.73 Å². The van der Waals surface area contributed by atoms with E-state index >= 15 is 0 Å². The highest BCUT2D eigenvalue weighted by Crippen LogP contribution is 2.31. The second-order valence-electron chi connectivity index (χ2n) is 6.23. The Morgan fingerprint density at radius 3 is 2.33 bits per heavy atom. The van der Waals surface area contributed by atoms with E-state index in [1.54, 1.807) is 7.05 Å². The Morgan fingerprint density at radius 1 is 1.44 bits per heavy atom. The summed E-state index contributed by atoms with van der Waals surface area (Å²) in [7, 11) is 1.80. The molecule has 0 aromatic rings. The third kappa shape index (κ3) is 3.95. The van der Waals surface area contributed by atoms with Crippen LogP contribution >= 0.6 is 0 Å². The lowest BCUT2D eigenvalue weighted by molar-refractivity contribution is -0.124. The fraction of sp³-hybridized carbons (Fsp3) is 0.929. The number of nitrogens with two attached hydrogens (primary N) is 1. The molecule has 1 aliphatic rings. The maximum absolute atomic E-state index is 11.6. The Morgan fingerprint density at radius 2 is 2.00 bits per heavy atom. The molecule has 106 valence electrons. The first kappa shape index (κ1) is 15.4. The number of hydrogen-bond donors (Lipinski definition) is 2. The molecule has 1 fully saturated rings.